The molecule has 1 aromatic carbocycles. The monoisotopic (exact) mass is 389 g/mol. The van der Waals surface area contributed by atoms with Gasteiger partial charge in [0, 0.05) is 12.4 Å². The van der Waals surface area contributed by atoms with Crippen molar-refractivity contribution in [3.8, 4) is 5.95 Å². The van der Waals surface area contributed by atoms with Gasteiger partial charge in [-0.2, -0.15) is 18.3 Å². The van der Waals surface area contributed by atoms with E-state index >= 15 is 0 Å². The highest BCUT2D eigenvalue weighted by Gasteiger charge is 2.41. The van der Waals surface area contributed by atoms with Gasteiger partial charge in [-0.25, -0.2) is 14.6 Å². The molecular weight excluding hydrogens is 371 g/mol. The van der Waals surface area contributed by atoms with Crippen LogP contribution in [0, 0.1) is 0 Å². The Morgan fingerprint density at radius 2 is 1.79 bits per heavy atom. The standard InChI is InChI=1S/C19H18F3N5O/c1-2-12(13-7-4-3-5-8-13)11-14-15(17(23)28)16(19(20,21)22)26-27(14)18-24-9-6-10-25-18/h3-10,12H,2,11H2,1H3,(H2,23,28). The van der Waals surface area contributed by atoms with Crippen LogP contribution in [0.1, 0.15) is 46.6 Å². The van der Waals surface area contributed by atoms with Gasteiger partial charge in [0.2, 0.25) is 0 Å². The molecule has 0 bridgehead atoms. The largest absolute Gasteiger partial charge is 0.436 e. The van der Waals surface area contributed by atoms with Crippen LogP contribution in [-0.4, -0.2) is 25.7 Å². The van der Waals surface area contributed by atoms with Crippen molar-refractivity contribution in [2.45, 2.75) is 31.9 Å². The quantitative estimate of drug-likeness (QED) is 0.699. The van der Waals surface area contributed by atoms with E-state index in [1.165, 1.54) is 18.5 Å². The van der Waals surface area contributed by atoms with Gasteiger partial charge in [0.1, 0.15) is 0 Å². The lowest BCUT2D eigenvalue weighted by Gasteiger charge is -2.17. The Morgan fingerprint density at radius 3 is 2.32 bits per heavy atom. The minimum Gasteiger partial charge on any atom is -0.365 e. The summed E-state index contributed by atoms with van der Waals surface area (Å²) in [5.41, 5.74) is 4.34. The maximum absolute atomic E-state index is 13.5. The van der Waals surface area contributed by atoms with Crippen LogP contribution in [0.25, 0.3) is 5.95 Å². The molecular formula is C19H18F3N5O. The Labute approximate surface area is 159 Å². The number of benzene rings is 1. The Hall–Kier alpha value is -3.23. The van der Waals surface area contributed by atoms with Crippen molar-refractivity contribution in [2.24, 2.45) is 5.73 Å². The number of hydrogen-bond acceptors (Lipinski definition) is 4. The van der Waals surface area contributed by atoms with Gasteiger partial charge in [0.15, 0.2) is 5.69 Å². The molecule has 2 N–H and O–H groups in total. The van der Waals surface area contributed by atoms with Crippen molar-refractivity contribution in [1.82, 2.24) is 19.7 Å². The topological polar surface area (TPSA) is 86.7 Å². The Bertz CT molecular complexity index is 955. The molecule has 0 aliphatic heterocycles. The predicted octanol–water partition coefficient (Wildman–Crippen LogP) is 3.52. The lowest BCUT2D eigenvalue weighted by Crippen LogP contribution is -2.20. The fraction of sp³-hybridized carbons (Fsp3) is 0.263. The number of aromatic nitrogens is 4. The van der Waals surface area contributed by atoms with Crippen LogP contribution in [0.3, 0.4) is 0 Å². The zero-order valence-corrected chi connectivity index (χ0v) is 15.0. The van der Waals surface area contributed by atoms with Crippen LogP contribution in [-0.2, 0) is 12.6 Å². The molecule has 0 saturated carbocycles. The molecule has 3 aromatic rings. The maximum atomic E-state index is 13.5. The highest BCUT2D eigenvalue weighted by Crippen LogP contribution is 2.35. The van der Waals surface area contributed by atoms with E-state index in [1.54, 1.807) is 0 Å². The summed E-state index contributed by atoms with van der Waals surface area (Å²) in [4.78, 5) is 19.9. The summed E-state index contributed by atoms with van der Waals surface area (Å²) in [6, 6.07) is 10.9. The number of carbonyl (C=O) groups excluding carboxylic acids is 1. The van der Waals surface area contributed by atoms with Crippen LogP contribution < -0.4 is 5.73 Å². The van der Waals surface area contributed by atoms with E-state index in [0.29, 0.717) is 6.42 Å². The van der Waals surface area contributed by atoms with Crippen LogP contribution in [0.2, 0.25) is 0 Å². The number of alkyl halides is 3. The van der Waals surface area contributed by atoms with Crippen molar-refractivity contribution in [3.05, 3.63) is 71.3 Å². The molecule has 28 heavy (non-hydrogen) atoms. The van der Waals surface area contributed by atoms with Crippen LogP contribution in [0.15, 0.2) is 48.8 Å². The average molecular weight is 389 g/mol. The summed E-state index contributed by atoms with van der Waals surface area (Å²) in [6.07, 6.45) is -1.29. The minimum atomic E-state index is -4.84. The Balaban J connectivity index is 2.19. The second kappa shape index (κ2) is 7.79. The first-order valence-electron chi connectivity index (χ1n) is 8.64. The molecule has 0 aliphatic carbocycles. The number of nitrogens with two attached hydrogens (primary N) is 1. The summed E-state index contributed by atoms with van der Waals surface area (Å²) >= 11 is 0. The molecule has 146 valence electrons. The third-order valence-electron chi connectivity index (χ3n) is 4.44. The van der Waals surface area contributed by atoms with Crippen LogP contribution in [0.4, 0.5) is 13.2 Å². The first-order chi connectivity index (χ1) is 13.3. The highest BCUT2D eigenvalue weighted by molar-refractivity contribution is 5.95. The SMILES string of the molecule is CCC(Cc1c(C(N)=O)c(C(F)(F)F)nn1-c1ncccn1)c1ccccc1. The summed E-state index contributed by atoms with van der Waals surface area (Å²) in [5.74, 6) is -1.38. The summed E-state index contributed by atoms with van der Waals surface area (Å²) < 4.78 is 41.6. The number of nitrogens with zero attached hydrogens (tertiary/aromatic N) is 4. The van der Waals surface area contributed by atoms with Gasteiger partial charge in [-0.05, 0) is 30.4 Å². The maximum Gasteiger partial charge on any atom is 0.436 e. The van der Waals surface area contributed by atoms with Crippen LogP contribution >= 0.6 is 0 Å². The van der Waals surface area contributed by atoms with E-state index in [2.05, 4.69) is 15.1 Å². The normalized spacial score (nSPS) is 12.7. The van der Waals surface area contributed by atoms with Crippen molar-refractivity contribution in [1.29, 1.82) is 0 Å². The zero-order chi connectivity index (χ0) is 20.3. The number of hydrogen-bond donors (Lipinski definition) is 1. The molecule has 9 heteroatoms. The number of primary amides is 1. The molecule has 2 aromatic heterocycles. The van der Waals surface area contributed by atoms with E-state index in [0.717, 1.165) is 10.2 Å². The van der Waals surface area contributed by atoms with Gasteiger partial charge in [-0.1, -0.05) is 37.3 Å². The molecule has 0 saturated heterocycles. The third kappa shape index (κ3) is 3.88. The number of rotatable bonds is 6. The van der Waals surface area contributed by atoms with Gasteiger partial charge in [0.05, 0.1) is 11.3 Å². The van der Waals surface area contributed by atoms with Crippen molar-refractivity contribution in [2.75, 3.05) is 0 Å². The molecule has 3 rings (SSSR count). The number of halogens is 3. The lowest BCUT2D eigenvalue weighted by molar-refractivity contribution is -0.141. The minimum absolute atomic E-state index is 0.0433. The Kier molecular flexibility index (Phi) is 5.43. The summed E-state index contributed by atoms with van der Waals surface area (Å²) in [7, 11) is 0. The number of amides is 1. The molecule has 0 radical (unpaired) electrons. The molecule has 0 spiro atoms. The van der Waals surface area contributed by atoms with E-state index in [1.807, 2.05) is 37.3 Å². The van der Waals surface area contributed by atoms with Crippen LogP contribution in [0.5, 0.6) is 0 Å². The van der Waals surface area contributed by atoms with Gasteiger partial charge in [0.25, 0.3) is 11.9 Å². The number of carbonyl (C=O) groups is 1. The zero-order valence-electron chi connectivity index (χ0n) is 15.0. The fourth-order valence-electron chi connectivity index (χ4n) is 3.12. The summed E-state index contributed by atoms with van der Waals surface area (Å²) in [6.45, 7) is 1.92. The van der Waals surface area contributed by atoms with Gasteiger partial charge < -0.3 is 5.73 Å². The molecule has 2 heterocycles. The second-order valence-corrected chi connectivity index (χ2v) is 6.21. The molecule has 6 nitrogen and oxygen atoms in total. The van der Waals surface area contributed by atoms with E-state index in [4.69, 9.17) is 5.73 Å². The molecule has 1 amide bonds. The molecule has 0 fully saturated rings. The first kappa shape index (κ1) is 19.5. The Morgan fingerprint density at radius 1 is 1.14 bits per heavy atom. The smallest absolute Gasteiger partial charge is 0.365 e. The molecule has 1 atom stereocenters. The second-order valence-electron chi connectivity index (χ2n) is 6.21. The predicted molar refractivity (Wildman–Crippen MR) is 95.9 cm³/mol. The van der Waals surface area contributed by atoms with Crippen molar-refractivity contribution in [3.63, 3.8) is 0 Å². The van der Waals surface area contributed by atoms with Gasteiger partial charge >= 0.3 is 6.18 Å². The van der Waals surface area contributed by atoms with E-state index in [9.17, 15) is 18.0 Å². The molecule has 1 unspecified atom stereocenters. The fourth-order valence-corrected chi connectivity index (χ4v) is 3.12. The van der Waals surface area contributed by atoms with Crippen molar-refractivity contribution >= 4 is 5.91 Å². The van der Waals surface area contributed by atoms with Gasteiger partial charge in [-0.3, -0.25) is 4.79 Å². The first-order valence-corrected chi connectivity index (χ1v) is 8.64. The third-order valence-corrected chi connectivity index (χ3v) is 4.44. The van der Waals surface area contributed by atoms with Gasteiger partial charge in [-0.15, -0.1) is 0 Å². The summed E-state index contributed by atoms with van der Waals surface area (Å²) in [5, 5.41) is 3.62. The molecule has 0 aliphatic rings. The van der Waals surface area contributed by atoms with E-state index < -0.39 is 23.3 Å². The average Bonchev–Trinajstić information content (AvgIpc) is 3.07. The van der Waals surface area contributed by atoms with Crippen molar-refractivity contribution < 1.29 is 18.0 Å². The lowest BCUT2D eigenvalue weighted by atomic mass is 9.90. The highest BCUT2D eigenvalue weighted by atomic mass is 19.4. The van der Waals surface area contributed by atoms with E-state index in [-0.39, 0.29) is 24.0 Å².